The van der Waals surface area contributed by atoms with Crippen molar-refractivity contribution in [2.75, 3.05) is 11.4 Å². The molecule has 1 heterocycles. The van der Waals surface area contributed by atoms with E-state index in [1.807, 2.05) is 6.07 Å². The molecule has 1 saturated heterocycles. The van der Waals surface area contributed by atoms with Gasteiger partial charge in [0.25, 0.3) is 5.91 Å². The molecule has 122 valence electrons. The maximum absolute atomic E-state index is 12.9. The third-order valence-electron chi connectivity index (χ3n) is 3.95. The lowest BCUT2D eigenvalue weighted by molar-refractivity contribution is -0.126. The number of Topliss-reactive ketones (excluding diaryl/α,β-unsaturated/α-hetero) is 1. The van der Waals surface area contributed by atoms with E-state index in [9.17, 15) is 18.8 Å². The summed E-state index contributed by atoms with van der Waals surface area (Å²) in [5.74, 6) is -1.30. The lowest BCUT2D eigenvalue weighted by Crippen LogP contribution is -2.37. The van der Waals surface area contributed by atoms with Gasteiger partial charge in [-0.15, -0.1) is 0 Å². The number of nitrogens with zero attached hydrogens (tertiary/aromatic N) is 2. The third kappa shape index (κ3) is 2.78. The molecule has 0 N–H and O–H groups in total. The monoisotopic (exact) mass is 326 g/mol. The van der Waals surface area contributed by atoms with Crippen LogP contribution in [0.25, 0.3) is 0 Å². The van der Waals surface area contributed by atoms with Gasteiger partial charge in [-0.05, 0) is 43.3 Å². The van der Waals surface area contributed by atoms with Gasteiger partial charge in [0.2, 0.25) is 0 Å². The summed E-state index contributed by atoms with van der Waals surface area (Å²) in [4.78, 5) is 39.5. The van der Waals surface area contributed by atoms with Crippen molar-refractivity contribution in [2.24, 2.45) is 0 Å². The van der Waals surface area contributed by atoms with Crippen LogP contribution in [0.4, 0.5) is 14.9 Å². The second-order valence-corrected chi connectivity index (χ2v) is 5.52. The highest BCUT2D eigenvalue weighted by molar-refractivity contribution is 6.16. The van der Waals surface area contributed by atoms with E-state index in [2.05, 4.69) is 0 Å². The fourth-order valence-corrected chi connectivity index (χ4v) is 2.66. The van der Waals surface area contributed by atoms with Gasteiger partial charge in [-0.25, -0.2) is 9.18 Å². The van der Waals surface area contributed by atoms with Gasteiger partial charge in [-0.3, -0.25) is 19.4 Å². The Balaban J connectivity index is 1.81. The quantitative estimate of drug-likeness (QED) is 0.641. The van der Waals surface area contributed by atoms with Crippen LogP contribution in [0.5, 0.6) is 0 Å². The lowest BCUT2D eigenvalue weighted by Gasteiger charge is -2.19. The minimum Gasteiger partial charge on any atom is -0.292 e. The maximum Gasteiger partial charge on any atom is 0.332 e. The van der Waals surface area contributed by atoms with Crippen molar-refractivity contribution in [1.82, 2.24) is 4.90 Å². The van der Waals surface area contributed by atoms with Crippen LogP contribution in [0.1, 0.15) is 17.3 Å². The van der Waals surface area contributed by atoms with Crippen LogP contribution >= 0.6 is 0 Å². The maximum atomic E-state index is 12.9. The van der Waals surface area contributed by atoms with E-state index < -0.39 is 29.6 Å². The Morgan fingerprint density at radius 1 is 1.04 bits per heavy atom. The zero-order valence-electron chi connectivity index (χ0n) is 13.0. The summed E-state index contributed by atoms with van der Waals surface area (Å²) in [5.41, 5.74) is 0.850. The van der Waals surface area contributed by atoms with E-state index in [0.29, 0.717) is 5.69 Å². The van der Waals surface area contributed by atoms with Gasteiger partial charge in [-0.2, -0.15) is 0 Å². The molecule has 1 aliphatic heterocycles. The number of hydrogen-bond donors (Lipinski definition) is 0. The summed E-state index contributed by atoms with van der Waals surface area (Å²) in [7, 11) is 0. The molecule has 0 bridgehead atoms. The van der Waals surface area contributed by atoms with E-state index in [-0.39, 0.29) is 12.1 Å². The van der Waals surface area contributed by atoms with Gasteiger partial charge >= 0.3 is 6.03 Å². The molecule has 0 aromatic heterocycles. The number of anilines is 1. The molecule has 1 fully saturated rings. The molecule has 1 aliphatic rings. The summed E-state index contributed by atoms with van der Waals surface area (Å²) >= 11 is 0. The zero-order chi connectivity index (χ0) is 17.3. The number of carbonyl (C=O) groups is 3. The van der Waals surface area contributed by atoms with E-state index in [4.69, 9.17) is 0 Å². The molecule has 5 nitrogen and oxygen atoms in total. The number of ketones is 1. The Morgan fingerprint density at radius 2 is 1.67 bits per heavy atom. The molecule has 2 aromatic rings. The number of rotatable bonds is 4. The highest BCUT2D eigenvalue weighted by Gasteiger charge is 2.43. The number of para-hydroxylation sites is 1. The SMILES string of the molecule is CC1C(=O)N(CC(=O)c2ccc(F)cc2)C(=O)N1c1ccccc1. The minimum absolute atomic E-state index is 0.253. The Bertz CT molecular complexity index is 790. The molecular weight excluding hydrogens is 311 g/mol. The highest BCUT2D eigenvalue weighted by Crippen LogP contribution is 2.25. The second-order valence-electron chi connectivity index (χ2n) is 5.52. The molecule has 1 atom stereocenters. The summed E-state index contributed by atoms with van der Waals surface area (Å²) in [6.07, 6.45) is 0. The van der Waals surface area contributed by atoms with Crippen LogP contribution in [0.15, 0.2) is 54.6 Å². The van der Waals surface area contributed by atoms with Crippen molar-refractivity contribution in [3.05, 3.63) is 66.0 Å². The number of halogens is 1. The van der Waals surface area contributed by atoms with E-state index in [1.54, 1.807) is 31.2 Å². The predicted molar refractivity (Wildman–Crippen MR) is 86.2 cm³/mol. The lowest BCUT2D eigenvalue weighted by atomic mass is 10.1. The summed E-state index contributed by atoms with van der Waals surface area (Å²) in [6.45, 7) is 1.26. The topological polar surface area (TPSA) is 57.7 Å². The Kier molecular flexibility index (Phi) is 4.12. The third-order valence-corrected chi connectivity index (χ3v) is 3.95. The smallest absolute Gasteiger partial charge is 0.292 e. The van der Waals surface area contributed by atoms with Crippen molar-refractivity contribution in [1.29, 1.82) is 0 Å². The molecule has 6 heteroatoms. The Hall–Kier alpha value is -3.02. The average Bonchev–Trinajstić information content (AvgIpc) is 2.80. The van der Waals surface area contributed by atoms with Crippen LogP contribution in [0.3, 0.4) is 0 Å². The normalized spacial score (nSPS) is 17.5. The van der Waals surface area contributed by atoms with Crippen molar-refractivity contribution in [2.45, 2.75) is 13.0 Å². The van der Waals surface area contributed by atoms with Crippen molar-refractivity contribution in [3.8, 4) is 0 Å². The number of hydrogen-bond acceptors (Lipinski definition) is 3. The van der Waals surface area contributed by atoms with Gasteiger partial charge in [0.05, 0.1) is 6.54 Å². The van der Waals surface area contributed by atoms with Crippen molar-refractivity contribution >= 4 is 23.4 Å². The molecule has 0 aliphatic carbocycles. The number of benzene rings is 2. The fourth-order valence-electron chi connectivity index (χ4n) is 2.66. The molecule has 0 saturated carbocycles. The first-order valence-corrected chi connectivity index (χ1v) is 7.47. The molecule has 0 spiro atoms. The summed E-state index contributed by atoms with van der Waals surface area (Å²) in [5, 5.41) is 0. The molecule has 3 amide bonds. The summed E-state index contributed by atoms with van der Waals surface area (Å²) < 4.78 is 12.9. The van der Waals surface area contributed by atoms with Crippen LogP contribution in [0, 0.1) is 5.82 Å². The van der Waals surface area contributed by atoms with Crippen LogP contribution < -0.4 is 4.90 Å². The summed E-state index contributed by atoms with van der Waals surface area (Å²) in [6, 6.07) is 12.6. The van der Waals surface area contributed by atoms with Gasteiger partial charge < -0.3 is 0 Å². The molecular formula is C18H15FN2O3. The Labute approximate surface area is 138 Å². The molecule has 1 unspecified atom stereocenters. The largest absolute Gasteiger partial charge is 0.332 e. The van der Waals surface area contributed by atoms with Gasteiger partial charge in [0.1, 0.15) is 11.9 Å². The van der Waals surface area contributed by atoms with E-state index in [1.165, 1.54) is 29.2 Å². The number of carbonyl (C=O) groups excluding carboxylic acids is 3. The zero-order valence-corrected chi connectivity index (χ0v) is 13.0. The van der Waals surface area contributed by atoms with Crippen molar-refractivity contribution in [3.63, 3.8) is 0 Å². The number of urea groups is 1. The van der Waals surface area contributed by atoms with Gasteiger partial charge in [0, 0.05) is 11.3 Å². The number of amides is 3. The van der Waals surface area contributed by atoms with E-state index in [0.717, 1.165) is 4.90 Å². The second kappa shape index (κ2) is 6.23. The van der Waals surface area contributed by atoms with Gasteiger partial charge in [0.15, 0.2) is 5.78 Å². The number of imide groups is 1. The first-order chi connectivity index (χ1) is 11.5. The van der Waals surface area contributed by atoms with Gasteiger partial charge in [-0.1, -0.05) is 18.2 Å². The van der Waals surface area contributed by atoms with Crippen LogP contribution in [-0.4, -0.2) is 35.2 Å². The van der Waals surface area contributed by atoms with Crippen LogP contribution in [0.2, 0.25) is 0 Å². The molecule has 3 rings (SSSR count). The van der Waals surface area contributed by atoms with Crippen LogP contribution in [-0.2, 0) is 4.79 Å². The minimum atomic E-state index is -0.680. The molecule has 2 aromatic carbocycles. The predicted octanol–water partition coefficient (Wildman–Crippen LogP) is 2.87. The Morgan fingerprint density at radius 3 is 2.29 bits per heavy atom. The first kappa shape index (κ1) is 15.9. The molecule has 24 heavy (non-hydrogen) atoms. The first-order valence-electron chi connectivity index (χ1n) is 7.47. The molecule has 0 radical (unpaired) electrons. The average molecular weight is 326 g/mol. The van der Waals surface area contributed by atoms with E-state index >= 15 is 0 Å². The van der Waals surface area contributed by atoms with Crippen molar-refractivity contribution < 1.29 is 18.8 Å². The highest BCUT2D eigenvalue weighted by atomic mass is 19.1. The fraction of sp³-hybridized carbons (Fsp3) is 0.167. The standard InChI is InChI=1S/C18H15FN2O3/c1-12-17(23)20(11-16(22)13-7-9-14(19)10-8-13)18(24)21(12)15-5-3-2-4-6-15/h2-10,12H,11H2,1H3.